The molecule has 0 saturated carbocycles. The fraction of sp³-hybridized carbons (Fsp3) is 0.0833. The van der Waals surface area contributed by atoms with E-state index in [9.17, 15) is 4.79 Å². The number of aromatic nitrogens is 2. The van der Waals surface area contributed by atoms with E-state index in [1.54, 1.807) is 10.9 Å². The van der Waals surface area contributed by atoms with Crippen LogP contribution in [0.3, 0.4) is 0 Å². The summed E-state index contributed by atoms with van der Waals surface area (Å²) in [7, 11) is 0. The molecule has 1 amide bonds. The van der Waals surface area contributed by atoms with Gasteiger partial charge in [-0.1, -0.05) is 12.2 Å². The molecule has 92 valence electrons. The highest BCUT2D eigenvalue weighted by molar-refractivity contribution is 7.80. The van der Waals surface area contributed by atoms with Crippen molar-refractivity contribution in [2.75, 3.05) is 0 Å². The molecular formula is C12H12N4OS. The van der Waals surface area contributed by atoms with Crippen molar-refractivity contribution in [3.05, 3.63) is 47.3 Å². The minimum Gasteiger partial charge on any atom is -0.389 e. The van der Waals surface area contributed by atoms with Gasteiger partial charge >= 0.3 is 0 Å². The summed E-state index contributed by atoms with van der Waals surface area (Å²) in [5.41, 5.74) is 13.7. The number of carbonyl (C=O) groups excluding carboxylic acids is 1. The van der Waals surface area contributed by atoms with Gasteiger partial charge in [-0.2, -0.15) is 5.10 Å². The lowest BCUT2D eigenvalue weighted by Crippen LogP contribution is -2.11. The van der Waals surface area contributed by atoms with E-state index >= 15 is 0 Å². The number of amides is 1. The Morgan fingerprint density at radius 1 is 1.39 bits per heavy atom. The average molecular weight is 260 g/mol. The van der Waals surface area contributed by atoms with Crippen LogP contribution in [0.1, 0.15) is 21.5 Å². The molecule has 0 saturated heterocycles. The minimum atomic E-state index is -0.502. The van der Waals surface area contributed by atoms with Crippen molar-refractivity contribution in [2.45, 2.75) is 6.92 Å². The Labute approximate surface area is 109 Å². The summed E-state index contributed by atoms with van der Waals surface area (Å²) < 4.78 is 1.58. The number of nitrogens with two attached hydrogens (primary N) is 2. The highest BCUT2D eigenvalue weighted by Gasteiger charge is 2.07. The molecule has 0 aliphatic heterocycles. The van der Waals surface area contributed by atoms with Gasteiger partial charge in [0.15, 0.2) is 0 Å². The second-order valence-electron chi connectivity index (χ2n) is 3.90. The SMILES string of the molecule is Cc1cc(-n2cc(C(N)=O)cn2)ccc1C(N)=S. The Bertz CT molecular complexity index is 633. The van der Waals surface area contributed by atoms with Gasteiger partial charge in [-0.15, -0.1) is 0 Å². The van der Waals surface area contributed by atoms with Crippen molar-refractivity contribution < 1.29 is 4.79 Å². The van der Waals surface area contributed by atoms with Crippen LogP contribution in [-0.2, 0) is 0 Å². The summed E-state index contributed by atoms with van der Waals surface area (Å²) in [6.45, 7) is 1.91. The van der Waals surface area contributed by atoms with Crippen LogP contribution in [0, 0.1) is 6.92 Å². The largest absolute Gasteiger partial charge is 0.389 e. The van der Waals surface area contributed by atoms with Crippen molar-refractivity contribution in [1.29, 1.82) is 0 Å². The normalized spacial score (nSPS) is 10.3. The van der Waals surface area contributed by atoms with Gasteiger partial charge in [0.2, 0.25) is 0 Å². The minimum absolute atomic E-state index is 0.359. The molecule has 5 nitrogen and oxygen atoms in total. The highest BCUT2D eigenvalue weighted by Crippen LogP contribution is 2.14. The van der Waals surface area contributed by atoms with Crippen molar-refractivity contribution in [3.8, 4) is 5.69 Å². The zero-order valence-corrected chi connectivity index (χ0v) is 10.6. The van der Waals surface area contributed by atoms with Crippen LogP contribution < -0.4 is 11.5 Å². The maximum absolute atomic E-state index is 11.0. The Morgan fingerprint density at radius 2 is 2.11 bits per heavy atom. The van der Waals surface area contributed by atoms with Gasteiger partial charge in [-0.05, 0) is 30.7 Å². The number of hydrogen-bond donors (Lipinski definition) is 2. The number of nitrogens with zero attached hydrogens (tertiary/aromatic N) is 2. The maximum atomic E-state index is 11.0. The number of rotatable bonds is 3. The molecule has 0 aliphatic carbocycles. The van der Waals surface area contributed by atoms with Crippen LogP contribution in [0.2, 0.25) is 0 Å². The summed E-state index contributed by atoms with van der Waals surface area (Å²) in [4.78, 5) is 11.3. The van der Waals surface area contributed by atoms with Gasteiger partial charge in [-0.25, -0.2) is 4.68 Å². The second-order valence-corrected chi connectivity index (χ2v) is 4.34. The number of carbonyl (C=O) groups is 1. The van der Waals surface area contributed by atoms with Crippen LogP contribution in [0.5, 0.6) is 0 Å². The first kappa shape index (κ1) is 12.3. The van der Waals surface area contributed by atoms with Gasteiger partial charge in [0.1, 0.15) is 4.99 Å². The fourth-order valence-electron chi connectivity index (χ4n) is 1.66. The topological polar surface area (TPSA) is 86.9 Å². The van der Waals surface area contributed by atoms with Gasteiger partial charge in [-0.3, -0.25) is 4.79 Å². The third-order valence-corrected chi connectivity index (χ3v) is 2.83. The molecule has 2 rings (SSSR count). The first-order valence-corrected chi connectivity index (χ1v) is 5.65. The van der Waals surface area contributed by atoms with Gasteiger partial charge in [0, 0.05) is 11.8 Å². The Kier molecular flexibility index (Phi) is 3.12. The van der Waals surface area contributed by atoms with Crippen molar-refractivity contribution >= 4 is 23.1 Å². The third kappa shape index (κ3) is 2.23. The van der Waals surface area contributed by atoms with Crippen LogP contribution in [0.4, 0.5) is 0 Å². The number of thiocarbonyl (C=S) groups is 1. The van der Waals surface area contributed by atoms with E-state index < -0.39 is 5.91 Å². The Morgan fingerprint density at radius 3 is 2.61 bits per heavy atom. The van der Waals surface area contributed by atoms with Crippen LogP contribution in [0.15, 0.2) is 30.6 Å². The molecule has 2 aromatic rings. The maximum Gasteiger partial charge on any atom is 0.251 e. The van der Waals surface area contributed by atoms with Crippen molar-refractivity contribution in [1.82, 2.24) is 9.78 Å². The highest BCUT2D eigenvalue weighted by atomic mass is 32.1. The fourth-order valence-corrected chi connectivity index (χ4v) is 1.89. The molecule has 4 N–H and O–H groups in total. The quantitative estimate of drug-likeness (QED) is 0.803. The molecule has 0 unspecified atom stereocenters. The third-order valence-electron chi connectivity index (χ3n) is 2.61. The molecule has 0 radical (unpaired) electrons. The summed E-state index contributed by atoms with van der Waals surface area (Å²) in [6, 6.07) is 5.56. The van der Waals surface area contributed by atoms with Crippen molar-refractivity contribution in [3.63, 3.8) is 0 Å². The van der Waals surface area contributed by atoms with E-state index in [0.29, 0.717) is 10.6 Å². The number of aryl methyl sites for hydroxylation is 1. The summed E-state index contributed by atoms with van der Waals surface area (Å²) in [5.74, 6) is -0.502. The van der Waals surface area contributed by atoms with E-state index in [1.807, 2.05) is 25.1 Å². The first-order valence-electron chi connectivity index (χ1n) is 5.24. The molecule has 18 heavy (non-hydrogen) atoms. The van der Waals surface area contributed by atoms with Crippen LogP contribution >= 0.6 is 12.2 Å². The van der Waals surface area contributed by atoms with Crippen LogP contribution in [0.25, 0.3) is 5.69 Å². The lowest BCUT2D eigenvalue weighted by atomic mass is 10.1. The zero-order valence-electron chi connectivity index (χ0n) is 9.75. The van der Waals surface area contributed by atoms with E-state index in [1.165, 1.54) is 6.20 Å². The van der Waals surface area contributed by atoms with E-state index in [0.717, 1.165) is 16.8 Å². The second kappa shape index (κ2) is 4.58. The molecule has 0 bridgehead atoms. The van der Waals surface area contributed by atoms with E-state index in [-0.39, 0.29) is 0 Å². The predicted molar refractivity (Wildman–Crippen MR) is 72.7 cm³/mol. The average Bonchev–Trinajstić information content (AvgIpc) is 2.77. The Balaban J connectivity index is 2.42. The summed E-state index contributed by atoms with van der Waals surface area (Å²) in [6.07, 6.45) is 3.01. The predicted octanol–water partition coefficient (Wildman–Crippen LogP) is 0.914. The van der Waals surface area contributed by atoms with Gasteiger partial charge in [0.05, 0.1) is 17.4 Å². The molecule has 0 fully saturated rings. The molecule has 0 aliphatic rings. The van der Waals surface area contributed by atoms with E-state index in [4.69, 9.17) is 23.7 Å². The van der Waals surface area contributed by atoms with Gasteiger partial charge < -0.3 is 11.5 Å². The van der Waals surface area contributed by atoms with Crippen LogP contribution in [-0.4, -0.2) is 20.7 Å². The molecule has 6 heteroatoms. The summed E-state index contributed by atoms with van der Waals surface area (Å²) in [5, 5.41) is 4.08. The molecular weight excluding hydrogens is 248 g/mol. The van der Waals surface area contributed by atoms with Gasteiger partial charge in [0.25, 0.3) is 5.91 Å². The van der Waals surface area contributed by atoms with E-state index in [2.05, 4.69) is 5.10 Å². The molecule has 0 atom stereocenters. The molecule has 1 heterocycles. The number of benzene rings is 1. The Hall–Kier alpha value is -2.21. The molecule has 1 aromatic heterocycles. The standard InChI is InChI=1S/C12H12N4OS/c1-7-4-9(2-3-10(7)12(14)18)16-6-8(5-15-16)11(13)17/h2-6H,1H3,(H2,13,17)(H2,14,18). The molecule has 0 spiro atoms. The lowest BCUT2D eigenvalue weighted by Gasteiger charge is -2.07. The summed E-state index contributed by atoms with van der Waals surface area (Å²) >= 11 is 4.94. The number of hydrogen-bond acceptors (Lipinski definition) is 3. The monoisotopic (exact) mass is 260 g/mol. The molecule has 1 aromatic carbocycles. The van der Waals surface area contributed by atoms with Crippen molar-refractivity contribution in [2.24, 2.45) is 11.5 Å². The first-order chi connectivity index (χ1) is 8.49. The lowest BCUT2D eigenvalue weighted by molar-refractivity contribution is 0.100. The number of primary amides is 1. The zero-order chi connectivity index (χ0) is 13.3. The smallest absolute Gasteiger partial charge is 0.251 e.